The third kappa shape index (κ3) is 3.17. The van der Waals surface area contributed by atoms with Crippen molar-refractivity contribution in [3.63, 3.8) is 0 Å². The first-order chi connectivity index (χ1) is 10.3. The molecule has 1 N–H and O–H groups in total. The lowest BCUT2D eigenvalue weighted by Gasteiger charge is -2.16. The summed E-state index contributed by atoms with van der Waals surface area (Å²) in [4.78, 5) is 0. The molecule has 0 aliphatic heterocycles. The molecule has 110 valence electrons. The maximum Gasteiger partial charge on any atom is 0.0716 e. The minimum absolute atomic E-state index is 0.482. The van der Waals surface area contributed by atoms with Crippen LogP contribution in [0.1, 0.15) is 40.3 Å². The second-order valence-electron chi connectivity index (χ2n) is 5.88. The van der Waals surface area contributed by atoms with Gasteiger partial charge in [0.15, 0.2) is 0 Å². The molecule has 3 rings (SSSR count). The van der Waals surface area contributed by atoms with Gasteiger partial charge in [0.2, 0.25) is 0 Å². The van der Waals surface area contributed by atoms with Crippen LogP contribution in [0.5, 0.6) is 0 Å². The summed E-state index contributed by atoms with van der Waals surface area (Å²) in [7, 11) is 1.75. The van der Waals surface area contributed by atoms with Crippen molar-refractivity contribution in [2.24, 2.45) is 0 Å². The van der Waals surface area contributed by atoms with E-state index in [1.54, 1.807) is 7.11 Å². The van der Waals surface area contributed by atoms with E-state index in [1.807, 2.05) is 0 Å². The standard InChI is InChI=1S/C19H23NO/c1-14-7-8-15-9-10-19(18(15)11-14)20-12-16-5-3-4-6-17(16)13-21-2/h3-8,11,19-20H,9-10,12-13H2,1-2H3. The molecule has 0 saturated carbocycles. The van der Waals surface area contributed by atoms with Gasteiger partial charge in [-0.3, -0.25) is 0 Å². The summed E-state index contributed by atoms with van der Waals surface area (Å²) in [5.41, 5.74) is 6.94. The van der Waals surface area contributed by atoms with E-state index in [2.05, 4.69) is 54.7 Å². The first-order valence-electron chi connectivity index (χ1n) is 7.66. The van der Waals surface area contributed by atoms with E-state index in [0.29, 0.717) is 12.6 Å². The number of aryl methyl sites for hydroxylation is 2. The van der Waals surface area contributed by atoms with Crippen LogP contribution in [0.25, 0.3) is 0 Å². The molecule has 0 aromatic heterocycles. The summed E-state index contributed by atoms with van der Waals surface area (Å²) in [6.45, 7) is 3.75. The molecule has 0 radical (unpaired) electrons. The van der Waals surface area contributed by atoms with E-state index in [4.69, 9.17) is 4.74 Å². The highest BCUT2D eigenvalue weighted by atomic mass is 16.5. The minimum Gasteiger partial charge on any atom is -0.380 e. The highest BCUT2D eigenvalue weighted by Gasteiger charge is 2.21. The Morgan fingerprint density at radius 2 is 1.95 bits per heavy atom. The van der Waals surface area contributed by atoms with Crippen molar-refractivity contribution in [3.8, 4) is 0 Å². The average molecular weight is 281 g/mol. The molecule has 0 bridgehead atoms. The number of ether oxygens (including phenoxy) is 1. The predicted octanol–water partition coefficient (Wildman–Crippen LogP) is 3.92. The zero-order chi connectivity index (χ0) is 14.7. The van der Waals surface area contributed by atoms with Gasteiger partial charge >= 0.3 is 0 Å². The largest absolute Gasteiger partial charge is 0.380 e. The normalized spacial score (nSPS) is 17.0. The Hall–Kier alpha value is -1.64. The van der Waals surface area contributed by atoms with Gasteiger partial charge in [0.1, 0.15) is 0 Å². The van der Waals surface area contributed by atoms with E-state index >= 15 is 0 Å². The number of nitrogens with one attached hydrogen (secondary N) is 1. The Morgan fingerprint density at radius 1 is 1.14 bits per heavy atom. The topological polar surface area (TPSA) is 21.3 Å². The Balaban J connectivity index is 1.71. The van der Waals surface area contributed by atoms with Crippen LogP contribution in [0.2, 0.25) is 0 Å². The molecule has 0 spiro atoms. The monoisotopic (exact) mass is 281 g/mol. The van der Waals surface area contributed by atoms with Crippen LogP contribution >= 0.6 is 0 Å². The van der Waals surface area contributed by atoms with Gasteiger partial charge < -0.3 is 10.1 Å². The summed E-state index contributed by atoms with van der Waals surface area (Å²) in [5, 5.41) is 3.72. The number of hydrogen-bond acceptors (Lipinski definition) is 2. The van der Waals surface area contributed by atoms with Crippen molar-refractivity contribution in [2.45, 2.75) is 39.0 Å². The molecule has 1 aliphatic carbocycles. The van der Waals surface area contributed by atoms with Gasteiger partial charge in [0, 0.05) is 19.7 Å². The third-order valence-electron chi connectivity index (χ3n) is 4.34. The van der Waals surface area contributed by atoms with E-state index in [9.17, 15) is 0 Å². The van der Waals surface area contributed by atoms with Crippen molar-refractivity contribution in [3.05, 3.63) is 70.3 Å². The number of fused-ring (bicyclic) bond motifs is 1. The molecule has 2 nitrogen and oxygen atoms in total. The molecule has 1 unspecified atom stereocenters. The van der Waals surface area contributed by atoms with Gasteiger partial charge in [-0.2, -0.15) is 0 Å². The molecule has 0 amide bonds. The highest BCUT2D eigenvalue weighted by Crippen LogP contribution is 2.32. The van der Waals surface area contributed by atoms with E-state index in [-0.39, 0.29) is 0 Å². The Bertz CT molecular complexity index is 621. The molecule has 0 fully saturated rings. The van der Waals surface area contributed by atoms with Crippen LogP contribution in [-0.4, -0.2) is 7.11 Å². The van der Waals surface area contributed by atoms with Crippen LogP contribution in [0, 0.1) is 6.92 Å². The molecular formula is C19H23NO. The van der Waals surface area contributed by atoms with Gasteiger partial charge in [-0.25, -0.2) is 0 Å². The summed E-state index contributed by atoms with van der Waals surface area (Å²) < 4.78 is 5.28. The minimum atomic E-state index is 0.482. The van der Waals surface area contributed by atoms with Gasteiger partial charge in [-0.1, -0.05) is 48.0 Å². The fourth-order valence-electron chi connectivity index (χ4n) is 3.19. The van der Waals surface area contributed by atoms with Crippen molar-refractivity contribution >= 4 is 0 Å². The Morgan fingerprint density at radius 3 is 2.76 bits per heavy atom. The molecule has 0 heterocycles. The van der Waals surface area contributed by atoms with Crippen LogP contribution in [-0.2, 0) is 24.3 Å². The second-order valence-corrected chi connectivity index (χ2v) is 5.88. The summed E-state index contributed by atoms with van der Waals surface area (Å²) in [6, 6.07) is 15.8. The smallest absolute Gasteiger partial charge is 0.0716 e. The van der Waals surface area contributed by atoms with E-state index in [0.717, 1.165) is 6.54 Å². The lowest BCUT2D eigenvalue weighted by Crippen LogP contribution is -2.19. The summed E-state index contributed by atoms with van der Waals surface area (Å²) >= 11 is 0. The van der Waals surface area contributed by atoms with Gasteiger partial charge in [-0.05, 0) is 42.0 Å². The number of methoxy groups -OCH3 is 1. The number of rotatable bonds is 5. The number of benzene rings is 2. The van der Waals surface area contributed by atoms with Gasteiger partial charge in [-0.15, -0.1) is 0 Å². The zero-order valence-electron chi connectivity index (χ0n) is 12.9. The van der Waals surface area contributed by atoms with Gasteiger partial charge in [0.25, 0.3) is 0 Å². The van der Waals surface area contributed by atoms with Gasteiger partial charge in [0.05, 0.1) is 6.61 Å². The number of hydrogen-bond donors (Lipinski definition) is 1. The Labute approximate surface area is 127 Å². The Kier molecular flexibility index (Phi) is 4.37. The van der Waals surface area contributed by atoms with Crippen LogP contribution < -0.4 is 5.32 Å². The highest BCUT2D eigenvalue weighted by molar-refractivity contribution is 5.38. The lowest BCUT2D eigenvalue weighted by atomic mass is 10.0. The van der Waals surface area contributed by atoms with Crippen molar-refractivity contribution in [2.75, 3.05) is 7.11 Å². The SMILES string of the molecule is COCc1ccccc1CNC1CCc2ccc(C)cc21. The van der Waals surface area contributed by atoms with Crippen molar-refractivity contribution < 1.29 is 4.74 Å². The van der Waals surface area contributed by atoms with Crippen molar-refractivity contribution in [1.82, 2.24) is 5.32 Å². The molecular weight excluding hydrogens is 258 g/mol. The molecule has 2 aromatic rings. The average Bonchev–Trinajstić information content (AvgIpc) is 2.89. The summed E-state index contributed by atoms with van der Waals surface area (Å²) in [6.07, 6.45) is 2.39. The van der Waals surface area contributed by atoms with E-state index < -0.39 is 0 Å². The molecule has 0 saturated heterocycles. The fraction of sp³-hybridized carbons (Fsp3) is 0.368. The zero-order valence-corrected chi connectivity index (χ0v) is 12.9. The molecule has 21 heavy (non-hydrogen) atoms. The molecule has 2 aromatic carbocycles. The third-order valence-corrected chi connectivity index (χ3v) is 4.34. The quantitative estimate of drug-likeness (QED) is 0.897. The maximum absolute atomic E-state index is 5.28. The van der Waals surface area contributed by atoms with Crippen molar-refractivity contribution in [1.29, 1.82) is 0 Å². The molecule has 1 atom stereocenters. The summed E-state index contributed by atoms with van der Waals surface area (Å²) in [5.74, 6) is 0. The maximum atomic E-state index is 5.28. The van der Waals surface area contributed by atoms with E-state index in [1.165, 1.54) is 40.7 Å². The second kappa shape index (κ2) is 6.42. The van der Waals surface area contributed by atoms with Crippen LogP contribution in [0.4, 0.5) is 0 Å². The van der Waals surface area contributed by atoms with Crippen LogP contribution in [0.3, 0.4) is 0 Å². The lowest BCUT2D eigenvalue weighted by molar-refractivity contribution is 0.184. The molecule has 1 aliphatic rings. The predicted molar refractivity (Wildman–Crippen MR) is 86.2 cm³/mol. The first kappa shape index (κ1) is 14.3. The van der Waals surface area contributed by atoms with Crippen LogP contribution in [0.15, 0.2) is 42.5 Å². The first-order valence-corrected chi connectivity index (χ1v) is 7.66. The fourth-order valence-corrected chi connectivity index (χ4v) is 3.19. The molecule has 2 heteroatoms.